The van der Waals surface area contributed by atoms with Crippen molar-refractivity contribution in [3.05, 3.63) is 34.9 Å². The Morgan fingerprint density at radius 3 is 2.20 bits per heavy atom. The highest BCUT2D eigenvalue weighted by molar-refractivity contribution is 7.80. The number of rotatable bonds is 11. The number of benzene rings is 1. The number of unbranched alkanes of at least 4 members (excludes halogenated alkanes) is 1. The fourth-order valence-electron chi connectivity index (χ4n) is 3.76. The molecule has 0 saturated heterocycles. The van der Waals surface area contributed by atoms with Crippen LogP contribution in [-0.2, 0) is 14.3 Å². The van der Waals surface area contributed by atoms with Crippen LogP contribution < -0.4 is 10.6 Å². The van der Waals surface area contributed by atoms with E-state index in [0.29, 0.717) is 13.0 Å². The Morgan fingerprint density at radius 1 is 1.09 bits per heavy atom. The molecule has 2 N–H and O–H groups in total. The molecule has 35 heavy (non-hydrogen) atoms. The minimum Gasteiger partial charge on any atom is -0.444 e. The smallest absolute Gasteiger partial charge is 0.408 e. The number of thiol groups is 1. The first kappa shape index (κ1) is 30.8. The summed E-state index contributed by atoms with van der Waals surface area (Å²) in [5, 5.41) is 5.68. The minimum absolute atomic E-state index is 0.0609. The maximum Gasteiger partial charge on any atom is 0.408 e. The van der Waals surface area contributed by atoms with Crippen LogP contribution in [0.5, 0.6) is 0 Å². The molecule has 0 fully saturated rings. The lowest BCUT2D eigenvalue weighted by molar-refractivity contribution is -0.148. The molecule has 0 aliphatic heterocycles. The van der Waals surface area contributed by atoms with Gasteiger partial charge in [0.25, 0.3) is 0 Å². The summed E-state index contributed by atoms with van der Waals surface area (Å²) in [7, 11) is 0. The summed E-state index contributed by atoms with van der Waals surface area (Å²) in [6.45, 7) is 17.6. The first-order chi connectivity index (χ1) is 16.2. The Kier molecular flexibility index (Phi) is 11.6. The molecule has 3 amide bonds. The van der Waals surface area contributed by atoms with Crippen molar-refractivity contribution in [2.45, 2.75) is 105 Å². The Labute approximate surface area is 217 Å². The van der Waals surface area contributed by atoms with Crippen LogP contribution in [0.1, 0.15) is 90.5 Å². The van der Waals surface area contributed by atoms with Gasteiger partial charge in [0.2, 0.25) is 11.8 Å². The predicted octanol–water partition coefficient (Wildman–Crippen LogP) is 5.10. The second-order valence-corrected chi connectivity index (χ2v) is 11.0. The van der Waals surface area contributed by atoms with Gasteiger partial charge in [0.15, 0.2) is 0 Å². The topological polar surface area (TPSA) is 87.7 Å². The standard InChI is InChI=1S/C27H45N3O4S/c1-10-12-15-28-23(31)22(20-14-13-18(3)16-19(20)4)30(27(8,9)11-2)24(32)21(17-35)29-25(33)34-26(5,6)7/h13-14,16,21-22,35H,10-12,15,17H2,1-9H3,(H,28,31)(H,29,33). The van der Waals surface area contributed by atoms with Crippen LogP contribution in [0.25, 0.3) is 0 Å². The summed E-state index contributed by atoms with van der Waals surface area (Å²) in [4.78, 5) is 41.8. The van der Waals surface area contributed by atoms with E-state index in [1.54, 1.807) is 25.7 Å². The van der Waals surface area contributed by atoms with Gasteiger partial charge in [-0.15, -0.1) is 0 Å². The molecule has 7 nitrogen and oxygen atoms in total. The Balaban J connectivity index is 3.56. The molecular weight excluding hydrogens is 462 g/mol. The molecular formula is C27H45N3O4S. The van der Waals surface area contributed by atoms with Gasteiger partial charge in [-0.1, -0.05) is 44.0 Å². The van der Waals surface area contributed by atoms with Crippen molar-refractivity contribution >= 4 is 30.5 Å². The van der Waals surface area contributed by atoms with Gasteiger partial charge in [-0.3, -0.25) is 9.59 Å². The van der Waals surface area contributed by atoms with Crippen molar-refractivity contribution in [3.8, 4) is 0 Å². The van der Waals surface area contributed by atoms with Gasteiger partial charge in [0.05, 0.1) is 0 Å². The quantitative estimate of drug-likeness (QED) is 0.287. The second kappa shape index (κ2) is 13.2. The number of nitrogens with zero attached hydrogens (tertiary/aromatic N) is 1. The van der Waals surface area contributed by atoms with Gasteiger partial charge in [-0.25, -0.2) is 4.79 Å². The van der Waals surface area contributed by atoms with Crippen LogP contribution in [0, 0.1) is 13.8 Å². The number of aryl methyl sites for hydroxylation is 2. The summed E-state index contributed by atoms with van der Waals surface area (Å²) in [5.41, 5.74) is 1.36. The molecule has 8 heteroatoms. The zero-order valence-electron chi connectivity index (χ0n) is 22.9. The molecule has 1 aromatic carbocycles. The maximum atomic E-state index is 14.0. The van der Waals surface area contributed by atoms with Crippen molar-refractivity contribution in [3.63, 3.8) is 0 Å². The van der Waals surface area contributed by atoms with Crippen LogP contribution >= 0.6 is 12.6 Å². The second-order valence-electron chi connectivity index (χ2n) is 10.7. The van der Waals surface area contributed by atoms with Crippen molar-refractivity contribution < 1.29 is 19.1 Å². The van der Waals surface area contributed by atoms with Crippen molar-refractivity contribution in [2.75, 3.05) is 12.3 Å². The van der Waals surface area contributed by atoms with E-state index in [0.717, 1.165) is 29.5 Å². The van der Waals surface area contributed by atoms with Crippen molar-refractivity contribution in [1.82, 2.24) is 15.5 Å². The molecule has 198 valence electrons. The fourth-order valence-corrected chi connectivity index (χ4v) is 4.01. The zero-order valence-corrected chi connectivity index (χ0v) is 23.8. The van der Waals surface area contributed by atoms with E-state index in [1.165, 1.54) is 0 Å². The van der Waals surface area contributed by atoms with Crippen LogP contribution in [0.3, 0.4) is 0 Å². The lowest BCUT2D eigenvalue weighted by atomic mass is 9.90. The third-order valence-electron chi connectivity index (χ3n) is 5.98. The van der Waals surface area contributed by atoms with Crippen molar-refractivity contribution in [2.24, 2.45) is 0 Å². The summed E-state index contributed by atoms with van der Waals surface area (Å²) in [6.07, 6.45) is 1.69. The van der Waals surface area contributed by atoms with Gasteiger partial charge in [0.1, 0.15) is 17.7 Å². The van der Waals surface area contributed by atoms with Gasteiger partial charge in [-0.2, -0.15) is 12.6 Å². The first-order valence-electron chi connectivity index (χ1n) is 12.5. The Bertz CT molecular complexity index is 880. The first-order valence-corrected chi connectivity index (χ1v) is 13.1. The van der Waals surface area contributed by atoms with E-state index in [9.17, 15) is 14.4 Å². The van der Waals surface area contributed by atoms with Crippen LogP contribution in [0.15, 0.2) is 18.2 Å². The molecule has 0 radical (unpaired) electrons. The average molecular weight is 508 g/mol. The summed E-state index contributed by atoms with van der Waals surface area (Å²) in [6, 6.07) is 4.05. The Morgan fingerprint density at radius 2 is 1.71 bits per heavy atom. The van der Waals surface area contributed by atoms with Gasteiger partial charge in [-0.05, 0) is 72.4 Å². The number of amides is 3. The van der Waals surface area contributed by atoms with Gasteiger partial charge < -0.3 is 20.3 Å². The summed E-state index contributed by atoms with van der Waals surface area (Å²) >= 11 is 4.35. The van der Waals surface area contributed by atoms with Crippen LogP contribution in [0.2, 0.25) is 0 Å². The van der Waals surface area contributed by atoms with E-state index >= 15 is 0 Å². The van der Waals surface area contributed by atoms with Crippen LogP contribution in [-0.4, -0.2) is 52.3 Å². The maximum absolute atomic E-state index is 14.0. The number of nitrogens with one attached hydrogen (secondary N) is 2. The molecule has 0 saturated carbocycles. The predicted molar refractivity (Wildman–Crippen MR) is 145 cm³/mol. The van der Waals surface area contributed by atoms with Crippen molar-refractivity contribution in [1.29, 1.82) is 0 Å². The van der Waals surface area contributed by atoms with E-state index in [2.05, 4.69) is 30.2 Å². The number of alkyl carbamates (subject to hydrolysis) is 1. The normalized spacial score (nSPS) is 13.5. The fraction of sp³-hybridized carbons (Fsp3) is 0.667. The SMILES string of the molecule is CCCCNC(=O)C(c1ccc(C)cc1C)N(C(=O)C(CS)NC(=O)OC(C)(C)C)C(C)(C)CC. The lowest BCUT2D eigenvalue weighted by Crippen LogP contribution is -2.60. The molecule has 2 atom stereocenters. The number of hydrogen-bond acceptors (Lipinski definition) is 5. The van der Waals surface area contributed by atoms with Gasteiger partial charge in [0, 0.05) is 17.8 Å². The van der Waals surface area contributed by atoms with Gasteiger partial charge >= 0.3 is 6.09 Å². The monoisotopic (exact) mass is 507 g/mol. The summed E-state index contributed by atoms with van der Waals surface area (Å²) < 4.78 is 5.37. The molecule has 0 aliphatic carbocycles. The molecule has 1 rings (SSSR count). The number of ether oxygens (including phenoxy) is 1. The minimum atomic E-state index is -0.962. The number of carbonyl (C=O) groups excluding carboxylic acids is 3. The highest BCUT2D eigenvalue weighted by Gasteiger charge is 2.43. The summed E-state index contributed by atoms with van der Waals surface area (Å²) in [5.74, 6) is -0.561. The number of hydrogen-bond donors (Lipinski definition) is 3. The van der Waals surface area contributed by atoms with E-state index in [4.69, 9.17) is 4.74 Å². The molecule has 0 spiro atoms. The average Bonchev–Trinajstić information content (AvgIpc) is 2.74. The third-order valence-corrected chi connectivity index (χ3v) is 6.35. The molecule has 1 aromatic rings. The molecule has 0 aliphatic rings. The zero-order chi connectivity index (χ0) is 27.0. The molecule has 2 unspecified atom stereocenters. The Hall–Kier alpha value is -2.22. The molecule has 0 heterocycles. The third kappa shape index (κ3) is 9.06. The lowest BCUT2D eigenvalue weighted by Gasteiger charge is -2.44. The molecule has 0 bridgehead atoms. The number of carbonyl (C=O) groups is 3. The van der Waals surface area contributed by atoms with E-state index in [1.807, 2.05) is 52.8 Å². The largest absolute Gasteiger partial charge is 0.444 e. The van der Waals surface area contributed by atoms with E-state index in [-0.39, 0.29) is 17.6 Å². The highest BCUT2D eigenvalue weighted by Crippen LogP contribution is 2.34. The molecule has 0 aromatic heterocycles. The van der Waals surface area contributed by atoms with E-state index < -0.39 is 29.3 Å². The highest BCUT2D eigenvalue weighted by atomic mass is 32.1. The van der Waals surface area contributed by atoms with Crippen LogP contribution in [0.4, 0.5) is 4.79 Å².